The highest BCUT2D eigenvalue weighted by atomic mass is 16.5. The third kappa shape index (κ3) is 6.46. The number of ether oxygens (including phenoxy) is 2. The third-order valence-corrected chi connectivity index (χ3v) is 4.01. The van der Waals surface area contributed by atoms with Gasteiger partial charge in [-0.15, -0.1) is 0 Å². The van der Waals surface area contributed by atoms with Crippen molar-refractivity contribution in [3.63, 3.8) is 0 Å². The van der Waals surface area contributed by atoms with Crippen molar-refractivity contribution in [1.29, 1.82) is 0 Å². The molecule has 0 unspecified atom stereocenters. The van der Waals surface area contributed by atoms with Crippen molar-refractivity contribution in [2.45, 2.75) is 39.5 Å². The molecule has 2 rings (SSSR count). The van der Waals surface area contributed by atoms with Crippen LogP contribution in [0.5, 0.6) is 11.5 Å². The zero-order valence-electron chi connectivity index (χ0n) is 16.1. The molecule has 0 heterocycles. The van der Waals surface area contributed by atoms with Crippen LogP contribution in [0.3, 0.4) is 0 Å². The zero-order valence-corrected chi connectivity index (χ0v) is 16.1. The maximum atomic E-state index is 11.5. The summed E-state index contributed by atoms with van der Waals surface area (Å²) in [6.07, 6.45) is -0.497. The Morgan fingerprint density at radius 3 is 1.29 bits per heavy atom. The Morgan fingerprint density at radius 2 is 1.00 bits per heavy atom. The van der Waals surface area contributed by atoms with Gasteiger partial charge in [0, 0.05) is 5.92 Å². The molecule has 6 nitrogen and oxygen atoms in total. The molecule has 0 saturated heterocycles. The van der Waals surface area contributed by atoms with E-state index in [1.54, 1.807) is 24.3 Å². The number of carbonyl (C=O) groups excluding carboxylic acids is 4. The lowest BCUT2D eigenvalue weighted by molar-refractivity contribution is -0.139. The van der Waals surface area contributed by atoms with E-state index in [0.717, 1.165) is 11.1 Å². The molecule has 0 fully saturated rings. The van der Waals surface area contributed by atoms with Gasteiger partial charge in [-0.05, 0) is 49.2 Å². The largest absolute Gasteiger partial charge is 0.426 e. The van der Waals surface area contributed by atoms with Crippen molar-refractivity contribution in [3.05, 3.63) is 59.7 Å². The highest BCUT2D eigenvalue weighted by Crippen LogP contribution is 2.27. The Kier molecular flexibility index (Phi) is 7.21. The zero-order chi connectivity index (χ0) is 20.7. The van der Waals surface area contributed by atoms with Crippen LogP contribution in [0.1, 0.15) is 50.7 Å². The topological polar surface area (TPSA) is 86.7 Å². The molecular formula is C22H22O6. The first-order chi connectivity index (χ1) is 13.2. The molecule has 0 N–H and O–H groups in total. The highest BCUT2D eigenvalue weighted by molar-refractivity contribution is 5.95. The second kappa shape index (κ2) is 9.60. The number of Topliss-reactive ketones (excluding diaryl/α,β-unsaturated/α-hetero) is 2. The molecule has 0 aromatic heterocycles. The monoisotopic (exact) mass is 382 g/mol. The van der Waals surface area contributed by atoms with Crippen LogP contribution in [-0.2, 0) is 19.2 Å². The SMILES string of the molecule is CC(=O)CC(=O)Oc1ccc(C(C)c2ccc(OC(=O)CC(C)=O)cc2)cc1. The van der Waals surface area contributed by atoms with E-state index in [4.69, 9.17) is 9.47 Å². The summed E-state index contributed by atoms with van der Waals surface area (Å²) in [5.74, 6) is -0.823. The van der Waals surface area contributed by atoms with E-state index in [1.165, 1.54) is 13.8 Å². The van der Waals surface area contributed by atoms with Crippen LogP contribution in [0.4, 0.5) is 0 Å². The van der Waals surface area contributed by atoms with Gasteiger partial charge in [0.05, 0.1) is 0 Å². The molecular weight excluding hydrogens is 360 g/mol. The summed E-state index contributed by atoms with van der Waals surface area (Å²) in [6.45, 7) is 4.69. The third-order valence-electron chi connectivity index (χ3n) is 4.01. The number of benzene rings is 2. The van der Waals surface area contributed by atoms with E-state index >= 15 is 0 Å². The van der Waals surface area contributed by atoms with Gasteiger partial charge < -0.3 is 9.47 Å². The number of carbonyl (C=O) groups is 4. The standard InChI is InChI=1S/C22H22O6/c1-14(23)12-21(25)27-19-8-4-17(5-9-19)16(3)18-6-10-20(11-7-18)28-22(26)13-15(2)24/h4-11,16H,12-13H2,1-3H3. The molecule has 0 aliphatic heterocycles. The lowest BCUT2D eigenvalue weighted by atomic mass is 9.93. The summed E-state index contributed by atoms with van der Waals surface area (Å²) in [7, 11) is 0. The lowest BCUT2D eigenvalue weighted by Crippen LogP contribution is -2.12. The van der Waals surface area contributed by atoms with Gasteiger partial charge in [0.25, 0.3) is 0 Å². The fraction of sp³-hybridized carbons (Fsp3) is 0.273. The quantitative estimate of drug-likeness (QED) is 0.394. The maximum Gasteiger partial charge on any atom is 0.318 e. The normalized spacial score (nSPS) is 10.4. The van der Waals surface area contributed by atoms with E-state index in [-0.39, 0.29) is 30.3 Å². The molecule has 0 radical (unpaired) electrons. The van der Waals surface area contributed by atoms with Crippen molar-refractivity contribution in [1.82, 2.24) is 0 Å². The van der Waals surface area contributed by atoms with Crippen LogP contribution in [0.25, 0.3) is 0 Å². The minimum Gasteiger partial charge on any atom is -0.426 e. The van der Waals surface area contributed by atoms with Crippen molar-refractivity contribution < 1.29 is 28.7 Å². The van der Waals surface area contributed by atoms with E-state index < -0.39 is 11.9 Å². The van der Waals surface area contributed by atoms with E-state index in [0.29, 0.717) is 11.5 Å². The van der Waals surface area contributed by atoms with Gasteiger partial charge in [-0.25, -0.2) is 0 Å². The smallest absolute Gasteiger partial charge is 0.318 e. The minimum absolute atomic E-state index is 0.0592. The number of rotatable bonds is 8. The van der Waals surface area contributed by atoms with Gasteiger partial charge >= 0.3 is 11.9 Å². The molecule has 2 aromatic rings. The molecule has 6 heteroatoms. The summed E-state index contributed by atoms with van der Waals surface area (Å²) in [5.41, 5.74) is 2.01. The van der Waals surface area contributed by atoms with Gasteiger partial charge in [0.2, 0.25) is 0 Å². The van der Waals surface area contributed by atoms with Gasteiger partial charge in [-0.2, -0.15) is 0 Å². The second-order valence-electron chi connectivity index (χ2n) is 6.57. The number of hydrogen-bond acceptors (Lipinski definition) is 6. The number of hydrogen-bond donors (Lipinski definition) is 0. The molecule has 2 aromatic carbocycles. The Morgan fingerprint density at radius 1 is 0.679 bits per heavy atom. The molecule has 0 atom stereocenters. The Balaban J connectivity index is 2.00. The number of ketones is 2. The van der Waals surface area contributed by atoms with Crippen LogP contribution in [0.2, 0.25) is 0 Å². The Hall–Kier alpha value is -3.28. The van der Waals surface area contributed by atoms with E-state index in [1.807, 2.05) is 31.2 Å². The van der Waals surface area contributed by atoms with E-state index in [9.17, 15) is 19.2 Å². The summed E-state index contributed by atoms with van der Waals surface area (Å²) < 4.78 is 10.2. The molecule has 0 amide bonds. The first-order valence-electron chi connectivity index (χ1n) is 8.84. The number of esters is 2. The van der Waals surface area contributed by atoms with Crippen molar-refractivity contribution >= 4 is 23.5 Å². The van der Waals surface area contributed by atoms with Crippen LogP contribution in [0.15, 0.2) is 48.5 Å². The molecule has 146 valence electrons. The molecule has 28 heavy (non-hydrogen) atoms. The molecule has 0 bridgehead atoms. The van der Waals surface area contributed by atoms with Gasteiger partial charge in [-0.1, -0.05) is 31.2 Å². The Labute approximate surface area is 163 Å². The second-order valence-corrected chi connectivity index (χ2v) is 6.57. The van der Waals surface area contributed by atoms with Gasteiger partial charge in [-0.3, -0.25) is 19.2 Å². The Bertz CT molecular complexity index is 791. The lowest BCUT2D eigenvalue weighted by Gasteiger charge is -2.14. The molecule has 0 aliphatic rings. The predicted molar refractivity (Wildman–Crippen MR) is 102 cm³/mol. The van der Waals surface area contributed by atoms with Crippen LogP contribution in [-0.4, -0.2) is 23.5 Å². The molecule has 0 spiro atoms. The summed E-state index contributed by atoms with van der Waals surface area (Å²) in [6, 6.07) is 14.1. The first kappa shape index (κ1) is 21.0. The van der Waals surface area contributed by atoms with Gasteiger partial charge in [0.15, 0.2) is 0 Å². The van der Waals surface area contributed by atoms with Gasteiger partial charge in [0.1, 0.15) is 35.9 Å². The van der Waals surface area contributed by atoms with Crippen molar-refractivity contribution in [2.24, 2.45) is 0 Å². The summed E-state index contributed by atoms with van der Waals surface area (Å²) in [4.78, 5) is 44.9. The van der Waals surface area contributed by atoms with Crippen LogP contribution in [0, 0.1) is 0 Å². The average Bonchev–Trinajstić information content (AvgIpc) is 2.61. The fourth-order valence-corrected chi connectivity index (χ4v) is 2.58. The first-order valence-corrected chi connectivity index (χ1v) is 8.84. The summed E-state index contributed by atoms with van der Waals surface area (Å²) in [5, 5.41) is 0. The van der Waals surface area contributed by atoms with Crippen LogP contribution >= 0.6 is 0 Å². The molecule has 0 saturated carbocycles. The average molecular weight is 382 g/mol. The van der Waals surface area contributed by atoms with Crippen molar-refractivity contribution in [2.75, 3.05) is 0 Å². The maximum absolute atomic E-state index is 11.5. The van der Waals surface area contributed by atoms with E-state index in [2.05, 4.69) is 0 Å². The highest BCUT2D eigenvalue weighted by Gasteiger charge is 2.12. The van der Waals surface area contributed by atoms with Crippen molar-refractivity contribution in [3.8, 4) is 11.5 Å². The van der Waals surface area contributed by atoms with Crippen LogP contribution < -0.4 is 9.47 Å². The minimum atomic E-state index is -0.580. The predicted octanol–water partition coefficient (Wildman–Crippen LogP) is 3.61. The fourth-order valence-electron chi connectivity index (χ4n) is 2.58. The summed E-state index contributed by atoms with van der Waals surface area (Å²) >= 11 is 0. The molecule has 0 aliphatic carbocycles.